The van der Waals surface area contributed by atoms with E-state index in [0.29, 0.717) is 26.1 Å². The van der Waals surface area contributed by atoms with Crippen molar-refractivity contribution in [3.63, 3.8) is 0 Å². The maximum absolute atomic E-state index is 12.1. The summed E-state index contributed by atoms with van der Waals surface area (Å²) in [6, 6.07) is 1.65. The Hall–Kier alpha value is -0.970. The molecule has 0 spiro atoms. The van der Waals surface area contributed by atoms with Gasteiger partial charge in [-0.05, 0) is 32.3 Å². The summed E-state index contributed by atoms with van der Waals surface area (Å²) in [4.78, 5) is 0. The van der Waals surface area contributed by atoms with E-state index >= 15 is 0 Å². The van der Waals surface area contributed by atoms with E-state index in [2.05, 4.69) is 9.82 Å². The van der Waals surface area contributed by atoms with E-state index in [0.717, 1.165) is 18.5 Å². The summed E-state index contributed by atoms with van der Waals surface area (Å²) in [5.74, 6) is 0.0577. The minimum absolute atomic E-state index is 0.0577. The van der Waals surface area contributed by atoms with Crippen molar-refractivity contribution in [2.45, 2.75) is 44.0 Å². The lowest BCUT2D eigenvalue weighted by Crippen LogP contribution is -2.43. The van der Waals surface area contributed by atoms with E-state index in [1.807, 2.05) is 4.68 Å². The van der Waals surface area contributed by atoms with Gasteiger partial charge in [-0.15, -0.1) is 0 Å². The zero-order valence-corrected chi connectivity index (χ0v) is 14.7. The molecule has 1 aliphatic carbocycles. The van der Waals surface area contributed by atoms with Crippen LogP contribution in [0.5, 0.6) is 0 Å². The molecule has 3 rings (SSSR count). The normalized spacial score (nSPS) is 22.9. The number of rotatable bonds is 7. The van der Waals surface area contributed by atoms with Gasteiger partial charge in [0.1, 0.15) is 0 Å². The quantitative estimate of drug-likeness (QED) is 0.739. The highest BCUT2D eigenvalue weighted by atomic mass is 32.2. The van der Waals surface area contributed by atoms with Gasteiger partial charge in [0.15, 0.2) is 0 Å². The maximum atomic E-state index is 12.1. The predicted octanol–water partition coefficient (Wildman–Crippen LogP) is 0.0614. The molecule has 130 valence electrons. The third kappa shape index (κ3) is 3.59. The van der Waals surface area contributed by atoms with Gasteiger partial charge in [-0.1, -0.05) is 0 Å². The van der Waals surface area contributed by atoms with Gasteiger partial charge in [0.25, 0.3) is 0 Å². The highest BCUT2D eigenvalue weighted by Gasteiger charge is 2.36. The number of sulfonamides is 2. The van der Waals surface area contributed by atoms with Crippen LogP contribution in [0.4, 0.5) is 0 Å². The average Bonchev–Trinajstić information content (AvgIpc) is 3.26. The maximum Gasteiger partial charge on any atom is 0.214 e. The van der Waals surface area contributed by atoms with Crippen LogP contribution in [0.25, 0.3) is 0 Å². The van der Waals surface area contributed by atoms with E-state index in [1.54, 1.807) is 19.2 Å². The molecule has 2 aliphatic rings. The number of aromatic nitrogens is 2. The number of hydrogen-bond acceptors (Lipinski definition) is 5. The molecule has 0 aromatic carbocycles. The molecular weight excluding hydrogens is 340 g/mol. The minimum atomic E-state index is -3.28. The molecule has 1 unspecified atom stereocenters. The highest BCUT2D eigenvalue weighted by Crippen LogP contribution is 2.28. The summed E-state index contributed by atoms with van der Waals surface area (Å²) < 4.78 is 53.9. The van der Waals surface area contributed by atoms with Gasteiger partial charge in [0, 0.05) is 19.3 Å². The number of hydrogen-bond donors (Lipinski definition) is 1. The fourth-order valence-electron chi connectivity index (χ4n) is 2.83. The molecule has 23 heavy (non-hydrogen) atoms. The van der Waals surface area contributed by atoms with Crippen LogP contribution in [-0.2, 0) is 26.6 Å². The lowest BCUT2D eigenvalue weighted by atomic mass is 10.1. The molecular formula is C13H22N4O4S2. The largest absolute Gasteiger partial charge is 0.264 e. The van der Waals surface area contributed by atoms with Crippen LogP contribution in [0.15, 0.2) is 12.3 Å². The zero-order chi connectivity index (χ0) is 16.7. The molecule has 1 N–H and O–H groups in total. The van der Waals surface area contributed by atoms with Gasteiger partial charge in [0.05, 0.1) is 29.3 Å². The SMILES string of the molecule is CCS(=O)(=O)N1Cc2ccnn2C(CCNS(=O)(=O)C2CC2)C1. The van der Waals surface area contributed by atoms with Crippen molar-refractivity contribution in [1.29, 1.82) is 0 Å². The van der Waals surface area contributed by atoms with Crippen molar-refractivity contribution in [3.05, 3.63) is 18.0 Å². The molecule has 2 heterocycles. The minimum Gasteiger partial charge on any atom is -0.264 e. The van der Waals surface area contributed by atoms with Gasteiger partial charge in [0.2, 0.25) is 20.0 Å². The van der Waals surface area contributed by atoms with Crippen LogP contribution >= 0.6 is 0 Å². The predicted molar refractivity (Wildman–Crippen MR) is 85.7 cm³/mol. The van der Waals surface area contributed by atoms with Gasteiger partial charge in [-0.3, -0.25) is 4.68 Å². The second-order valence-electron chi connectivity index (χ2n) is 6.04. The Kier molecular flexibility index (Phi) is 4.51. The Morgan fingerprint density at radius 3 is 2.70 bits per heavy atom. The molecule has 1 fully saturated rings. The summed E-state index contributed by atoms with van der Waals surface area (Å²) in [6.45, 7) is 2.57. The first kappa shape index (κ1) is 16.9. The van der Waals surface area contributed by atoms with E-state index < -0.39 is 20.0 Å². The Morgan fingerprint density at radius 2 is 2.04 bits per heavy atom. The molecule has 1 aliphatic heterocycles. The third-order valence-electron chi connectivity index (χ3n) is 4.35. The van der Waals surface area contributed by atoms with Crippen LogP contribution < -0.4 is 4.72 Å². The Labute approximate surface area is 137 Å². The van der Waals surface area contributed by atoms with Gasteiger partial charge < -0.3 is 0 Å². The van der Waals surface area contributed by atoms with Gasteiger partial charge in [-0.2, -0.15) is 9.40 Å². The van der Waals surface area contributed by atoms with Crippen molar-refractivity contribution >= 4 is 20.0 Å². The Balaban J connectivity index is 1.68. The Morgan fingerprint density at radius 1 is 1.30 bits per heavy atom. The second kappa shape index (κ2) is 6.15. The number of fused-ring (bicyclic) bond motifs is 1. The molecule has 0 radical (unpaired) electrons. The summed E-state index contributed by atoms with van der Waals surface area (Å²) in [5.41, 5.74) is 0.836. The van der Waals surface area contributed by atoms with E-state index in [-0.39, 0.29) is 17.0 Å². The van der Waals surface area contributed by atoms with Gasteiger partial charge >= 0.3 is 0 Å². The standard InChI is InChI=1S/C13H22N4O4S2/c1-2-22(18,19)16-9-11-5-7-14-17(11)12(10-16)6-8-15-23(20,21)13-3-4-13/h5,7,12-13,15H,2-4,6,8-10H2,1H3. The van der Waals surface area contributed by atoms with Crippen molar-refractivity contribution < 1.29 is 16.8 Å². The van der Waals surface area contributed by atoms with Crippen molar-refractivity contribution in [1.82, 2.24) is 18.8 Å². The van der Waals surface area contributed by atoms with E-state index in [1.165, 1.54) is 4.31 Å². The summed E-state index contributed by atoms with van der Waals surface area (Å²) in [6.07, 6.45) is 3.62. The second-order valence-corrected chi connectivity index (χ2v) is 10.3. The van der Waals surface area contributed by atoms with Crippen LogP contribution in [0, 0.1) is 0 Å². The van der Waals surface area contributed by atoms with E-state index in [4.69, 9.17) is 0 Å². The van der Waals surface area contributed by atoms with E-state index in [9.17, 15) is 16.8 Å². The average molecular weight is 362 g/mol. The fourth-order valence-corrected chi connectivity index (χ4v) is 5.31. The number of nitrogens with one attached hydrogen (secondary N) is 1. The fraction of sp³-hybridized carbons (Fsp3) is 0.769. The zero-order valence-electron chi connectivity index (χ0n) is 13.1. The first-order valence-corrected chi connectivity index (χ1v) is 11.0. The third-order valence-corrected chi connectivity index (χ3v) is 8.10. The van der Waals surface area contributed by atoms with Crippen LogP contribution in [-0.4, -0.2) is 55.0 Å². The molecule has 10 heteroatoms. The summed E-state index contributed by atoms with van der Waals surface area (Å²) >= 11 is 0. The Bertz CT molecular complexity index is 768. The van der Waals surface area contributed by atoms with Crippen LogP contribution in [0.3, 0.4) is 0 Å². The summed E-state index contributed by atoms with van der Waals surface area (Å²) in [7, 11) is -6.49. The lowest BCUT2D eigenvalue weighted by molar-refractivity contribution is 0.256. The van der Waals surface area contributed by atoms with Crippen LogP contribution in [0.1, 0.15) is 37.9 Å². The molecule has 1 saturated carbocycles. The van der Waals surface area contributed by atoms with Crippen LogP contribution in [0.2, 0.25) is 0 Å². The molecule has 1 atom stereocenters. The first-order chi connectivity index (χ1) is 10.8. The molecule has 8 nitrogen and oxygen atoms in total. The van der Waals surface area contributed by atoms with Crippen molar-refractivity contribution in [3.8, 4) is 0 Å². The monoisotopic (exact) mass is 362 g/mol. The molecule has 0 amide bonds. The molecule has 0 saturated heterocycles. The van der Waals surface area contributed by atoms with Crippen molar-refractivity contribution in [2.75, 3.05) is 18.8 Å². The van der Waals surface area contributed by atoms with Gasteiger partial charge in [-0.25, -0.2) is 21.6 Å². The highest BCUT2D eigenvalue weighted by molar-refractivity contribution is 7.90. The first-order valence-electron chi connectivity index (χ1n) is 7.82. The number of nitrogens with zero attached hydrogens (tertiary/aromatic N) is 3. The lowest BCUT2D eigenvalue weighted by Gasteiger charge is -2.33. The van der Waals surface area contributed by atoms with Crippen molar-refractivity contribution in [2.24, 2.45) is 0 Å². The molecule has 0 bridgehead atoms. The molecule has 1 aromatic rings. The topological polar surface area (TPSA) is 101 Å². The molecule has 1 aromatic heterocycles. The smallest absolute Gasteiger partial charge is 0.214 e. The summed E-state index contributed by atoms with van der Waals surface area (Å²) in [5, 5.41) is 4.02.